The summed E-state index contributed by atoms with van der Waals surface area (Å²) in [7, 11) is 2.07. The Kier molecular flexibility index (Phi) is 6.34. The molecule has 0 heterocycles. The second-order valence-electron chi connectivity index (χ2n) is 3.54. The summed E-state index contributed by atoms with van der Waals surface area (Å²) in [5, 5.41) is 9.06. The number of hydrogen-bond acceptors (Lipinski definition) is 3. The first-order valence-electron chi connectivity index (χ1n) is 4.66. The lowest BCUT2D eigenvalue weighted by Crippen LogP contribution is -2.33. The third kappa shape index (κ3) is 5.52. The van der Waals surface area contributed by atoms with E-state index in [-0.39, 0.29) is 6.10 Å². The van der Waals surface area contributed by atoms with Gasteiger partial charge in [-0.1, -0.05) is 0 Å². The molecular formula is C9H22N2O. The molecule has 0 saturated carbocycles. The van der Waals surface area contributed by atoms with Crippen LogP contribution in [0.1, 0.15) is 26.7 Å². The molecule has 3 nitrogen and oxygen atoms in total. The summed E-state index contributed by atoms with van der Waals surface area (Å²) < 4.78 is 0. The predicted octanol–water partition coefficient (Wildman–Crippen LogP) is 0.426. The average Bonchev–Trinajstić information content (AvgIpc) is 2.00. The maximum Gasteiger partial charge on any atom is 0.0524 e. The van der Waals surface area contributed by atoms with Crippen LogP contribution < -0.4 is 5.73 Å². The zero-order valence-electron chi connectivity index (χ0n) is 8.45. The van der Waals surface area contributed by atoms with Crippen molar-refractivity contribution in [3.63, 3.8) is 0 Å². The van der Waals surface area contributed by atoms with E-state index < -0.39 is 0 Å². The van der Waals surface area contributed by atoms with E-state index in [2.05, 4.69) is 18.9 Å². The quantitative estimate of drug-likeness (QED) is 0.614. The van der Waals surface area contributed by atoms with Crippen molar-refractivity contribution >= 4 is 0 Å². The number of aliphatic hydroxyl groups excluding tert-OH is 1. The Morgan fingerprint density at radius 1 is 1.33 bits per heavy atom. The van der Waals surface area contributed by atoms with E-state index in [0.29, 0.717) is 6.04 Å². The molecule has 0 aliphatic rings. The van der Waals surface area contributed by atoms with Crippen molar-refractivity contribution in [2.45, 2.75) is 38.8 Å². The van der Waals surface area contributed by atoms with Gasteiger partial charge in [0, 0.05) is 12.6 Å². The molecule has 0 aromatic carbocycles. The molecule has 3 N–H and O–H groups in total. The molecule has 0 aliphatic heterocycles. The van der Waals surface area contributed by atoms with E-state index in [4.69, 9.17) is 10.8 Å². The molecule has 0 saturated heterocycles. The normalized spacial score (nSPS) is 16.5. The van der Waals surface area contributed by atoms with Crippen LogP contribution in [-0.4, -0.2) is 42.3 Å². The van der Waals surface area contributed by atoms with Gasteiger partial charge in [-0.25, -0.2) is 0 Å². The molecule has 3 heteroatoms. The van der Waals surface area contributed by atoms with E-state index in [0.717, 1.165) is 25.9 Å². The molecule has 0 aliphatic carbocycles. The first-order chi connectivity index (χ1) is 5.57. The largest absolute Gasteiger partial charge is 0.393 e. The van der Waals surface area contributed by atoms with Crippen molar-refractivity contribution < 1.29 is 5.11 Å². The van der Waals surface area contributed by atoms with E-state index in [1.165, 1.54) is 0 Å². The van der Waals surface area contributed by atoms with Crippen LogP contribution in [-0.2, 0) is 0 Å². The second-order valence-corrected chi connectivity index (χ2v) is 3.54. The van der Waals surface area contributed by atoms with Crippen molar-refractivity contribution in [1.82, 2.24) is 4.90 Å². The SMILES string of the molecule is CC(O)CCN(C)C(C)CCN. The molecule has 0 rings (SSSR count). The monoisotopic (exact) mass is 174 g/mol. The standard InChI is InChI=1S/C9H22N2O/c1-8(4-6-10)11(3)7-5-9(2)12/h8-9,12H,4-7,10H2,1-3H3. The molecule has 0 spiro atoms. The highest BCUT2D eigenvalue weighted by Crippen LogP contribution is 2.01. The van der Waals surface area contributed by atoms with Crippen LogP contribution in [0.3, 0.4) is 0 Å². The van der Waals surface area contributed by atoms with Crippen LogP contribution in [0.5, 0.6) is 0 Å². The fraction of sp³-hybridized carbons (Fsp3) is 1.00. The predicted molar refractivity (Wildman–Crippen MR) is 52.1 cm³/mol. The fourth-order valence-electron chi connectivity index (χ4n) is 1.07. The highest BCUT2D eigenvalue weighted by molar-refractivity contribution is 4.64. The summed E-state index contributed by atoms with van der Waals surface area (Å²) in [5.74, 6) is 0. The molecule has 12 heavy (non-hydrogen) atoms. The van der Waals surface area contributed by atoms with Crippen molar-refractivity contribution in [3.8, 4) is 0 Å². The Morgan fingerprint density at radius 3 is 2.33 bits per heavy atom. The molecular weight excluding hydrogens is 152 g/mol. The van der Waals surface area contributed by atoms with Crippen LogP contribution in [0, 0.1) is 0 Å². The molecule has 0 aromatic rings. The zero-order valence-corrected chi connectivity index (χ0v) is 8.45. The van der Waals surface area contributed by atoms with Crippen LogP contribution in [0.2, 0.25) is 0 Å². The number of rotatable bonds is 6. The lowest BCUT2D eigenvalue weighted by Gasteiger charge is -2.24. The third-order valence-corrected chi connectivity index (χ3v) is 2.24. The van der Waals surface area contributed by atoms with Gasteiger partial charge in [0.05, 0.1) is 6.10 Å². The number of aliphatic hydroxyl groups is 1. The maximum absolute atomic E-state index is 9.06. The summed E-state index contributed by atoms with van der Waals surface area (Å²) in [6, 6.07) is 0.522. The van der Waals surface area contributed by atoms with Gasteiger partial charge in [0.25, 0.3) is 0 Å². The van der Waals surface area contributed by atoms with Crippen molar-refractivity contribution in [2.24, 2.45) is 5.73 Å². The van der Waals surface area contributed by atoms with Crippen molar-refractivity contribution in [1.29, 1.82) is 0 Å². The third-order valence-electron chi connectivity index (χ3n) is 2.24. The molecule has 0 aromatic heterocycles. The molecule has 2 unspecified atom stereocenters. The summed E-state index contributed by atoms with van der Waals surface area (Å²) in [6.45, 7) is 5.66. The summed E-state index contributed by atoms with van der Waals surface area (Å²) >= 11 is 0. The van der Waals surface area contributed by atoms with Crippen LogP contribution >= 0.6 is 0 Å². The maximum atomic E-state index is 9.06. The van der Waals surface area contributed by atoms with Gasteiger partial charge in [-0.15, -0.1) is 0 Å². The van der Waals surface area contributed by atoms with Gasteiger partial charge in [0.2, 0.25) is 0 Å². The lowest BCUT2D eigenvalue weighted by atomic mass is 10.2. The smallest absolute Gasteiger partial charge is 0.0524 e. The highest BCUT2D eigenvalue weighted by Gasteiger charge is 2.08. The minimum atomic E-state index is -0.197. The minimum absolute atomic E-state index is 0.197. The Labute approximate surface area is 75.6 Å². The average molecular weight is 174 g/mol. The van der Waals surface area contributed by atoms with E-state index in [9.17, 15) is 0 Å². The fourth-order valence-corrected chi connectivity index (χ4v) is 1.07. The molecule has 0 fully saturated rings. The minimum Gasteiger partial charge on any atom is -0.393 e. The van der Waals surface area contributed by atoms with Gasteiger partial charge >= 0.3 is 0 Å². The van der Waals surface area contributed by atoms with Crippen molar-refractivity contribution in [3.05, 3.63) is 0 Å². The van der Waals surface area contributed by atoms with Gasteiger partial charge in [-0.05, 0) is 40.3 Å². The lowest BCUT2D eigenvalue weighted by molar-refractivity contribution is 0.151. The molecule has 0 amide bonds. The van der Waals surface area contributed by atoms with Crippen molar-refractivity contribution in [2.75, 3.05) is 20.1 Å². The van der Waals surface area contributed by atoms with Gasteiger partial charge in [-0.2, -0.15) is 0 Å². The Balaban J connectivity index is 3.49. The Morgan fingerprint density at radius 2 is 1.92 bits per heavy atom. The first kappa shape index (κ1) is 11.9. The van der Waals surface area contributed by atoms with Gasteiger partial charge in [0.1, 0.15) is 0 Å². The molecule has 74 valence electrons. The number of nitrogens with two attached hydrogens (primary N) is 1. The highest BCUT2D eigenvalue weighted by atomic mass is 16.3. The summed E-state index contributed by atoms with van der Waals surface area (Å²) in [4.78, 5) is 2.24. The number of nitrogens with zero attached hydrogens (tertiary/aromatic N) is 1. The summed E-state index contributed by atoms with van der Waals surface area (Å²) in [6.07, 6.45) is 1.67. The second kappa shape index (κ2) is 6.40. The first-order valence-corrected chi connectivity index (χ1v) is 4.66. The molecule has 0 bridgehead atoms. The van der Waals surface area contributed by atoms with Gasteiger partial charge in [0.15, 0.2) is 0 Å². The van der Waals surface area contributed by atoms with Crippen LogP contribution in [0.25, 0.3) is 0 Å². The summed E-state index contributed by atoms with van der Waals surface area (Å²) in [5.41, 5.74) is 5.45. The van der Waals surface area contributed by atoms with E-state index in [1.54, 1.807) is 0 Å². The van der Waals surface area contributed by atoms with Gasteiger partial charge in [-0.3, -0.25) is 0 Å². The van der Waals surface area contributed by atoms with Gasteiger partial charge < -0.3 is 15.7 Å². The topological polar surface area (TPSA) is 49.5 Å². The van der Waals surface area contributed by atoms with E-state index >= 15 is 0 Å². The molecule has 2 atom stereocenters. The Bertz CT molecular complexity index is 107. The molecule has 0 radical (unpaired) electrons. The zero-order chi connectivity index (χ0) is 9.56. The number of hydrogen-bond donors (Lipinski definition) is 2. The van der Waals surface area contributed by atoms with Crippen LogP contribution in [0.4, 0.5) is 0 Å². The Hall–Kier alpha value is -0.120. The van der Waals surface area contributed by atoms with E-state index in [1.807, 2.05) is 6.92 Å². The van der Waals surface area contributed by atoms with Crippen LogP contribution in [0.15, 0.2) is 0 Å².